The molecule has 18 heavy (non-hydrogen) atoms. The molecule has 0 rings (SSSR count). The molecule has 0 unspecified atom stereocenters. The predicted molar refractivity (Wildman–Crippen MR) is 77.5 cm³/mol. The number of ether oxygens (including phenoxy) is 1. The van der Waals surface area contributed by atoms with Gasteiger partial charge in [0.2, 0.25) is 4.38 Å². The first-order valence-corrected chi connectivity index (χ1v) is 6.08. The maximum absolute atomic E-state index is 8.58. The van der Waals surface area contributed by atoms with Gasteiger partial charge in [0.1, 0.15) is 0 Å². The van der Waals surface area contributed by atoms with Crippen molar-refractivity contribution in [3.05, 3.63) is 0 Å². The summed E-state index contributed by atoms with van der Waals surface area (Å²) in [6, 6.07) is 3.94. The SMILES string of the molecule is CC(C)(C#N)N=NC(C)(C)C#N.CCOC(=S)S. The van der Waals surface area contributed by atoms with Crippen LogP contribution in [-0.4, -0.2) is 22.1 Å². The molecule has 0 saturated carbocycles. The van der Waals surface area contributed by atoms with E-state index >= 15 is 0 Å². The minimum absolute atomic E-state index is 0.317. The molecule has 5 nitrogen and oxygen atoms in total. The van der Waals surface area contributed by atoms with E-state index in [0.717, 1.165) is 0 Å². The molecule has 0 heterocycles. The number of nitriles is 2. The van der Waals surface area contributed by atoms with Crippen molar-refractivity contribution in [3.8, 4) is 12.1 Å². The van der Waals surface area contributed by atoms with Crippen molar-refractivity contribution in [2.75, 3.05) is 6.61 Å². The van der Waals surface area contributed by atoms with Gasteiger partial charge < -0.3 is 4.74 Å². The highest BCUT2D eigenvalue weighted by atomic mass is 32.1. The minimum atomic E-state index is -0.839. The Balaban J connectivity index is 0. The fourth-order valence-electron chi connectivity index (χ4n) is 0.418. The molecule has 0 saturated heterocycles. The van der Waals surface area contributed by atoms with Gasteiger partial charge in [-0.2, -0.15) is 20.8 Å². The van der Waals surface area contributed by atoms with E-state index in [-0.39, 0.29) is 0 Å². The standard InChI is InChI=1S/C8H12N4.C3H6OS2/c1-7(2,5-9)11-12-8(3,4)6-10;1-2-4-3(5)6/h1-4H3;2H2,1H3,(H,5,6). The molecule has 0 N–H and O–H groups in total. The fourth-order valence-corrected chi connectivity index (χ4v) is 0.665. The predicted octanol–water partition coefficient (Wildman–Crippen LogP) is 3.28. The van der Waals surface area contributed by atoms with Gasteiger partial charge in [-0.15, -0.1) is 0 Å². The number of nitrogens with zero attached hydrogens (tertiary/aromatic N) is 4. The summed E-state index contributed by atoms with van der Waals surface area (Å²) < 4.78 is 4.95. The highest BCUT2D eigenvalue weighted by molar-refractivity contribution is 8.10. The van der Waals surface area contributed by atoms with Crippen LogP contribution in [0.1, 0.15) is 34.6 Å². The second-order valence-corrected chi connectivity index (χ2v) is 5.32. The van der Waals surface area contributed by atoms with Crippen LogP contribution >= 0.6 is 24.8 Å². The van der Waals surface area contributed by atoms with Crippen molar-refractivity contribution in [1.29, 1.82) is 10.5 Å². The van der Waals surface area contributed by atoms with Crippen LogP contribution < -0.4 is 0 Å². The molecule has 0 aromatic carbocycles. The number of thiocarbonyl (C=S) groups is 1. The van der Waals surface area contributed by atoms with E-state index in [4.69, 9.17) is 10.5 Å². The van der Waals surface area contributed by atoms with E-state index in [1.807, 2.05) is 19.1 Å². The number of thiol groups is 1. The van der Waals surface area contributed by atoms with Crippen molar-refractivity contribution >= 4 is 29.2 Å². The van der Waals surface area contributed by atoms with E-state index < -0.39 is 11.1 Å². The van der Waals surface area contributed by atoms with Gasteiger partial charge in [-0.1, -0.05) is 12.6 Å². The van der Waals surface area contributed by atoms with Crippen LogP contribution in [0.25, 0.3) is 0 Å². The third kappa shape index (κ3) is 12.9. The summed E-state index contributed by atoms with van der Waals surface area (Å²) in [7, 11) is 0. The molecule has 0 aliphatic rings. The number of rotatable bonds is 3. The van der Waals surface area contributed by atoms with E-state index in [1.54, 1.807) is 27.7 Å². The number of azo groups is 1. The summed E-state index contributed by atoms with van der Waals surface area (Å²) in [5.74, 6) is 0. The fraction of sp³-hybridized carbons (Fsp3) is 0.727. The Hall–Kier alpha value is -1.18. The van der Waals surface area contributed by atoms with Crippen LogP contribution in [0.5, 0.6) is 0 Å². The molecule has 0 bridgehead atoms. The largest absolute Gasteiger partial charge is 0.479 e. The van der Waals surface area contributed by atoms with Crippen LogP contribution in [-0.2, 0) is 4.74 Å². The number of hydrogen-bond acceptors (Lipinski definition) is 6. The van der Waals surface area contributed by atoms with Crippen LogP contribution in [0.2, 0.25) is 0 Å². The Labute approximate surface area is 119 Å². The van der Waals surface area contributed by atoms with Gasteiger partial charge in [0.05, 0.1) is 18.7 Å². The third-order valence-corrected chi connectivity index (χ3v) is 1.61. The monoisotopic (exact) mass is 286 g/mol. The molecule has 0 aromatic rings. The molecule has 0 aliphatic heterocycles. The lowest BCUT2D eigenvalue weighted by molar-refractivity contribution is 0.346. The van der Waals surface area contributed by atoms with Gasteiger partial charge in [-0.25, -0.2) is 0 Å². The van der Waals surface area contributed by atoms with Crippen molar-refractivity contribution < 1.29 is 4.74 Å². The van der Waals surface area contributed by atoms with Crippen molar-refractivity contribution in [2.24, 2.45) is 10.2 Å². The maximum atomic E-state index is 8.58. The van der Waals surface area contributed by atoms with Gasteiger partial charge >= 0.3 is 0 Å². The Morgan fingerprint density at radius 1 is 1.17 bits per heavy atom. The molecular weight excluding hydrogens is 268 g/mol. The lowest BCUT2D eigenvalue weighted by Gasteiger charge is -2.11. The Kier molecular flexibility index (Phi) is 9.42. The summed E-state index contributed by atoms with van der Waals surface area (Å²) in [5.41, 5.74) is -1.68. The average Bonchev–Trinajstić information content (AvgIpc) is 2.28. The maximum Gasteiger partial charge on any atom is 0.216 e. The van der Waals surface area contributed by atoms with E-state index in [0.29, 0.717) is 11.0 Å². The smallest absolute Gasteiger partial charge is 0.216 e. The normalized spacial score (nSPS) is 10.9. The first-order valence-electron chi connectivity index (χ1n) is 5.22. The molecular formula is C11H18N4OS2. The van der Waals surface area contributed by atoms with E-state index in [2.05, 4.69) is 39.8 Å². The van der Waals surface area contributed by atoms with Crippen molar-refractivity contribution in [3.63, 3.8) is 0 Å². The molecule has 0 spiro atoms. The lowest BCUT2D eigenvalue weighted by atomic mass is 10.1. The van der Waals surface area contributed by atoms with Gasteiger partial charge in [-0.3, -0.25) is 0 Å². The summed E-state index contributed by atoms with van der Waals surface area (Å²) in [6.45, 7) is 9.05. The molecule has 0 radical (unpaired) electrons. The zero-order valence-electron chi connectivity index (χ0n) is 11.3. The molecule has 0 fully saturated rings. The van der Waals surface area contributed by atoms with Gasteiger partial charge in [0.15, 0.2) is 11.1 Å². The van der Waals surface area contributed by atoms with Gasteiger partial charge in [0.25, 0.3) is 0 Å². The van der Waals surface area contributed by atoms with E-state index in [9.17, 15) is 0 Å². The zero-order chi connectivity index (χ0) is 14.8. The first kappa shape index (κ1) is 19.2. The van der Waals surface area contributed by atoms with Crippen molar-refractivity contribution in [2.45, 2.75) is 45.7 Å². The quantitative estimate of drug-likeness (QED) is 0.490. The van der Waals surface area contributed by atoms with Crippen LogP contribution in [0.4, 0.5) is 0 Å². The van der Waals surface area contributed by atoms with Crippen LogP contribution in [0.3, 0.4) is 0 Å². The molecule has 7 heteroatoms. The molecule has 0 atom stereocenters. The summed E-state index contributed by atoms with van der Waals surface area (Å²) >= 11 is 8.12. The first-order chi connectivity index (χ1) is 8.10. The van der Waals surface area contributed by atoms with Crippen molar-refractivity contribution in [1.82, 2.24) is 0 Å². The highest BCUT2D eigenvalue weighted by Gasteiger charge is 2.19. The zero-order valence-corrected chi connectivity index (χ0v) is 13.0. The Bertz CT molecular complexity index is 349. The van der Waals surface area contributed by atoms with Gasteiger partial charge in [-0.05, 0) is 46.8 Å². The van der Waals surface area contributed by atoms with Crippen LogP contribution in [0.15, 0.2) is 10.2 Å². The average molecular weight is 286 g/mol. The summed E-state index contributed by atoms with van der Waals surface area (Å²) in [4.78, 5) is 0. The molecule has 0 aliphatic carbocycles. The Morgan fingerprint density at radius 3 is 1.61 bits per heavy atom. The topological polar surface area (TPSA) is 81.5 Å². The van der Waals surface area contributed by atoms with Gasteiger partial charge in [0, 0.05) is 0 Å². The summed E-state index contributed by atoms with van der Waals surface area (Å²) in [6.07, 6.45) is 0. The van der Waals surface area contributed by atoms with Crippen LogP contribution in [0, 0.1) is 22.7 Å². The molecule has 0 amide bonds. The second-order valence-electron chi connectivity index (χ2n) is 4.24. The molecule has 0 aromatic heterocycles. The minimum Gasteiger partial charge on any atom is -0.479 e. The Morgan fingerprint density at radius 2 is 1.50 bits per heavy atom. The lowest BCUT2D eigenvalue weighted by Crippen LogP contribution is -2.17. The van der Waals surface area contributed by atoms with E-state index in [1.165, 1.54) is 0 Å². The molecule has 100 valence electrons. The highest BCUT2D eigenvalue weighted by Crippen LogP contribution is 2.13. The summed E-state index contributed by atoms with van der Waals surface area (Å²) in [5, 5.41) is 24.7. The number of hydrogen-bond donors (Lipinski definition) is 1. The third-order valence-electron chi connectivity index (χ3n) is 1.37. The second kappa shape index (κ2) is 8.84.